The minimum Gasteiger partial charge on any atom is -0.546 e. The van der Waals surface area contributed by atoms with Crippen LogP contribution in [-0.4, -0.2) is 11.1 Å². The second-order valence-electron chi connectivity index (χ2n) is 5.49. The predicted molar refractivity (Wildman–Crippen MR) is 78.5 cm³/mol. The van der Waals surface area contributed by atoms with Gasteiger partial charge in [0.2, 0.25) is 0 Å². The second kappa shape index (κ2) is 5.01. The van der Waals surface area contributed by atoms with Crippen LogP contribution in [-0.2, 0) is 16.8 Å². The maximum absolute atomic E-state index is 11.7. The molecule has 0 radical (unpaired) electrons. The van der Waals surface area contributed by atoms with Crippen molar-refractivity contribution in [3.05, 3.63) is 59.2 Å². The Labute approximate surface area is 123 Å². The molecule has 3 nitrogen and oxygen atoms in total. The molecule has 0 fully saturated rings. The first-order valence-electron chi connectivity index (χ1n) is 7.26. The van der Waals surface area contributed by atoms with Crippen molar-refractivity contribution in [3.63, 3.8) is 0 Å². The Kier molecular flexibility index (Phi) is 3.30. The van der Waals surface area contributed by atoms with Crippen LogP contribution in [0.4, 0.5) is 0 Å². The van der Waals surface area contributed by atoms with E-state index in [0.717, 1.165) is 36.0 Å². The zero-order valence-electron chi connectivity index (χ0n) is 11.9. The average molecular weight is 281 g/mol. The van der Waals surface area contributed by atoms with Gasteiger partial charge in [-0.3, -0.25) is 0 Å². The Morgan fingerprint density at radius 2 is 1.86 bits per heavy atom. The average Bonchev–Trinajstić information content (AvgIpc) is 2.77. The van der Waals surface area contributed by atoms with Crippen LogP contribution >= 0.6 is 0 Å². The summed E-state index contributed by atoms with van der Waals surface area (Å²) in [5.74, 6) is -1.46. The van der Waals surface area contributed by atoms with Crippen molar-refractivity contribution < 1.29 is 15.0 Å². The number of carbonyl (C=O) groups excluding carboxylic acids is 1. The zero-order valence-corrected chi connectivity index (χ0v) is 11.9. The smallest absolute Gasteiger partial charge is 0.156 e. The number of hydrogen-bond donors (Lipinski definition) is 1. The quantitative estimate of drug-likeness (QED) is 0.932. The molecule has 1 aliphatic rings. The summed E-state index contributed by atoms with van der Waals surface area (Å²) in [6.07, 6.45) is 2.72. The largest absolute Gasteiger partial charge is 0.546 e. The van der Waals surface area contributed by atoms with Gasteiger partial charge in [0.25, 0.3) is 0 Å². The minimum atomic E-state index is -2.05. The van der Waals surface area contributed by atoms with Gasteiger partial charge in [0.15, 0.2) is 5.60 Å². The van der Waals surface area contributed by atoms with Crippen LogP contribution in [0.2, 0.25) is 0 Å². The van der Waals surface area contributed by atoms with Crippen molar-refractivity contribution in [1.29, 1.82) is 0 Å². The number of aryl methyl sites for hydroxylation is 1. The maximum Gasteiger partial charge on any atom is 0.156 e. The van der Waals surface area contributed by atoms with Gasteiger partial charge in [0.05, 0.1) is 5.97 Å². The second-order valence-corrected chi connectivity index (χ2v) is 5.49. The first-order chi connectivity index (χ1) is 10.1. The van der Waals surface area contributed by atoms with Crippen molar-refractivity contribution >= 4 is 5.97 Å². The first-order valence-corrected chi connectivity index (χ1v) is 7.26. The molecule has 2 aromatic carbocycles. The zero-order chi connectivity index (χ0) is 15.0. The molecule has 1 aliphatic carbocycles. The number of benzene rings is 2. The molecule has 0 bridgehead atoms. The number of carboxylic acid groups (broad SMARTS) is 1. The van der Waals surface area contributed by atoms with Gasteiger partial charge in [0.1, 0.15) is 0 Å². The Morgan fingerprint density at radius 3 is 2.57 bits per heavy atom. The van der Waals surface area contributed by atoms with Crippen LogP contribution in [0.15, 0.2) is 42.5 Å². The number of unbranched alkanes of at least 4 members (excludes halogenated alkanes) is 1. The van der Waals surface area contributed by atoms with Gasteiger partial charge in [-0.15, -0.1) is 0 Å². The highest BCUT2D eigenvalue weighted by Gasteiger charge is 2.44. The van der Waals surface area contributed by atoms with E-state index in [4.69, 9.17) is 0 Å². The third-order valence-corrected chi connectivity index (χ3v) is 4.21. The lowest BCUT2D eigenvalue weighted by Crippen LogP contribution is -2.46. The molecule has 3 heteroatoms. The number of hydrogen-bond acceptors (Lipinski definition) is 3. The van der Waals surface area contributed by atoms with Crippen LogP contribution in [0, 0.1) is 0 Å². The SMILES string of the molecule is CCCCc1cccc2c1C(O)(C(=O)[O-])c1ccccc1-2. The van der Waals surface area contributed by atoms with Gasteiger partial charge >= 0.3 is 0 Å². The van der Waals surface area contributed by atoms with Crippen molar-refractivity contribution in [1.82, 2.24) is 0 Å². The summed E-state index contributed by atoms with van der Waals surface area (Å²) in [5.41, 5.74) is 1.31. The van der Waals surface area contributed by atoms with Crippen LogP contribution in [0.25, 0.3) is 11.1 Å². The van der Waals surface area contributed by atoms with Crippen LogP contribution in [0.3, 0.4) is 0 Å². The van der Waals surface area contributed by atoms with Crippen molar-refractivity contribution in [2.24, 2.45) is 0 Å². The van der Waals surface area contributed by atoms with E-state index in [9.17, 15) is 15.0 Å². The standard InChI is InChI=1S/C18H18O3/c1-2-3-7-12-8-6-10-14-13-9-4-5-11-15(13)18(21,16(12)14)17(19)20/h4-6,8-11,21H,2-3,7H2,1H3,(H,19,20)/p-1. The molecular formula is C18H17O3-. The molecule has 1 atom stereocenters. The van der Waals surface area contributed by atoms with Gasteiger partial charge in [-0.25, -0.2) is 0 Å². The topological polar surface area (TPSA) is 60.4 Å². The number of fused-ring (bicyclic) bond motifs is 3. The van der Waals surface area contributed by atoms with Crippen LogP contribution in [0.5, 0.6) is 0 Å². The maximum atomic E-state index is 11.7. The van der Waals surface area contributed by atoms with Crippen molar-refractivity contribution in [2.45, 2.75) is 31.8 Å². The van der Waals surface area contributed by atoms with Crippen molar-refractivity contribution in [3.8, 4) is 11.1 Å². The Bertz CT molecular complexity index is 705. The van der Waals surface area contributed by atoms with E-state index in [0.29, 0.717) is 11.1 Å². The molecule has 0 saturated heterocycles. The van der Waals surface area contributed by atoms with Crippen molar-refractivity contribution in [2.75, 3.05) is 0 Å². The molecule has 0 heterocycles. The first kappa shape index (κ1) is 13.8. The molecule has 0 amide bonds. The number of rotatable bonds is 4. The van der Waals surface area contributed by atoms with Gasteiger partial charge in [-0.1, -0.05) is 55.8 Å². The molecule has 0 aliphatic heterocycles. The summed E-state index contributed by atoms with van der Waals surface area (Å²) >= 11 is 0. The number of carboxylic acids is 1. The third kappa shape index (κ3) is 1.88. The molecular weight excluding hydrogens is 264 g/mol. The predicted octanol–water partition coefficient (Wildman–Crippen LogP) is 2.00. The van der Waals surface area contributed by atoms with E-state index in [-0.39, 0.29) is 0 Å². The van der Waals surface area contributed by atoms with Gasteiger partial charge in [-0.2, -0.15) is 0 Å². The van der Waals surface area contributed by atoms with Gasteiger partial charge in [-0.05, 0) is 29.5 Å². The highest BCUT2D eigenvalue weighted by atomic mass is 16.4. The summed E-state index contributed by atoms with van der Waals surface area (Å²) in [4.78, 5) is 11.7. The molecule has 1 N–H and O–H groups in total. The fraction of sp³-hybridized carbons (Fsp3) is 0.278. The van der Waals surface area contributed by atoms with E-state index >= 15 is 0 Å². The van der Waals surface area contributed by atoms with E-state index in [1.54, 1.807) is 12.1 Å². The summed E-state index contributed by atoms with van der Waals surface area (Å²) in [6.45, 7) is 2.09. The summed E-state index contributed by atoms with van der Waals surface area (Å²) in [5, 5.41) is 22.6. The molecule has 3 rings (SSSR count). The Balaban J connectivity index is 2.28. The van der Waals surface area contributed by atoms with E-state index in [1.165, 1.54) is 0 Å². The van der Waals surface area contributed by atoms with E-state index in [1.807, 2.05) is 30.3 Å². The fourth-order valence-corrected chi connectivity index (χ4v) is 3.21. The number of aliphatic carboxylic acids is 1. The fourth-order valence-electron chi connectivity index (χ4n) is 3.21. The van der Waals surface area contributed by atoms with Crippen LogP contribution < -0.4 is 5.11 Å². The normalized spacial score (nSPS) is 19.1. The lowest BCUT2D eigenvalue weighted by molar-refractivity contribution is -0.322. The molecule has 108 valence electrons. The lowest BCUT2D eigenvalue weighted by Gasteiger charge is -2.28. The van der Waals surface area contributed by atoms with E-state index in [2.05, 4.69) is 6.92 Å². The minimum absolute atomic E-state index is 0.406. The van der Waals surface area contributed by atoms with Crippen LogP contribution in [0.1, 0.15) is 36.5 Å². The third-order valence-electron chi connectivity index (χ3n) is 4.21. The molecule has 21 heavy (non-hydrogen) atoms. The molecule has 0 spiro atoms. The Morgan fingerprint density at radius 1 is 1.14 bits per heavy atom. The number of aliphatic hydroxyl groups is 1. The van der Waals surface area contributed by atoms with Gasteiger partial charge < -0.3 is 15.0 Å². The molecule has 1 unspecified atom stereocenters. The highest BCUT2D eigenvalue weighted by Crippen LogP contribution is 2.48. The highest BCUT2D eigenvalue weighted by molar-refractivity contribution is 5.95. The van der Waals surface area contributed by atoms with Gasteiger partial charge in [0, 0.05) is 11.1 Å². The molecule has 0 saturated carbocycles. The number of carbonyl (C=O) groups is 1. The lowest BCUT2D eigenvalue weighted by atomic mass is 9.87. The summed E-state index contributed by atoms with van der Waals surface area (Å²) in [7, 11) is 0. The van der Waals surface area contributed by atoms with E-state index < -0.39 is 11.6 Å². The Hall–Kier alpha value is -2.13. The molecule has 0 aromatic heterocycles. The monoisotopic (exact) mass is 281 g/mol. The summed E-state index contributed by atoms with van der Waals surface area (Å²) in [6, 6.07) is 12.8. The molecule has 2 aromatic rings. The summed E-state index contributed by atoms with van der Waals surface area (Å²) < 4.78 is 0.